The van der Waals surface area contributed by atoms with Crippen LogP contribution in [0.3, 0.4) is 0 Å². The molecular formula is C20H21Cl3N2O. The summed E-state index contributed by atoms with van der Waals surface area (Å²) < 4.78 is 0. The summed E-state index contributed by atoms with van der Waals surface area (Å²) in [6.45, 7) is 4.34. The van der Waals surface area contributed by atoms with E-state index in [4.69, 9.17) is 23.2 Å². The van der Waals surface area contributed by atoms with Crippen molar-refractivity contribution in [2.75, 3.05) is 12.4 Å². The molecular weight excluding hydrogens is 391 g/mol. The molecule has 0 atom stereocenters. The number of halogens is 3. The summed E-state index contributed by atoms with van der Waals surface area (Å²) in [6, 6.07) is 13.2. The molecule has 2 aromatic rings. The summed E-state index contributed by atoms with van der Waals surface area (Å²) >= 11 is 12.0. The van der Waals surface area contributed by atoms with E-state index < -0.39 is 0 Å². The van der Waals surface area contributed by atoms with Crippen LogP contribution >= 0.6 is 35.6 Å². The number of likely N-dealkylation sites (N-methyl/N-ethyl adjacent to an activating group) is 1. The van der Waals surface area contributed by atoms with Gasteiger partial charge in [0.25, 0.3) is 5.91 Å². The molecule has 0 radical (unpaired) electrons. The molecule has 0 unspecified atom stereocenters. The third-order valence-corrected chi connectivity index (χ3v) is 5.19. The minimum Gasteiger partial charge on any atom is -0.368 e. The monoisotopic (exact) mass is 410 g/mol. The number of anilines is 1. The van der Waals surface area contributed by atoms with E-state index in [1.165, 1.54) is 5.56 Å². The van der Waals surface area contributed by atoms with Gasteiger partial charge in [0, 0.05) is 34.9 Å². The number of carbonyl (C=O) groups is 1. The van der Waals surface area contributed by atoms with E-state index in [2.05, 4.69) is 36.2 Å². The smallest absolute Gasteiger partial charge is 0.250 e. The Balaban J connectivity index is 0.00000243. The zero-order valence-corrected chi connectivity index (χ0v) is 17.2. The summed E-state index contributed by atoms with van der Waals surface area (Å²) in [5.74, 6) is -0.224. The first-order valence-electron chi connectivity index (χ1n) is 8.08. The third kappa shape index (κ3) is 4.17. The zero-order chi connectivity index (χ0) is 18.2. The van der Waals surface area contributed by atoms with Gasteiger partial charge in [-0.05, 0) is 44.0 Å². The molecule has 1 amide bonds. The summed E-state index contributed by atoms with van der Waals surface area (Å²) in [7, 11) is 2.02. The van der Waals surface area contributed by atoms with Crippen LogP contribution in [0.25, 0.3) is 5.70 Å². The molecule has 0 bridgehead atoms. The Kier molecular flexibility index (Phi) is 6.28. The second kappa shape index (κ2) is 7.91. The Morgan fingerprint density at radius 2 is 1.88 bits per heavy atom. The van der Waals surface area contributed by atoms with E-state index in [0.29, 0.717) is 15.7 Å². The summed E-state index contributed by atoms with van der Waals surface area (Å²) in [5, 5.41) is 3.78. The minimum atomic E-state index is -0.224. The second-order valence-corrected chi connectivity index (χ2v) is 7.69. The number of amides is 1. The minimum absolute atomic E-state index is 0. The Bertz CT molecular complexity index is 862. The molecule has 0 spiro atoms. The highest BCUT2D eigenvalue weighted by molar-refractivity contribution is 6.36. The molecule has 3 rings (SSSR count). The molecule has 0 aromatic heterocycles. The highest BCUT2D eigenvalue weighted by Crippen LogP contribution is 2.36. The lowest BCUT2D eigenvalue weighted by atomic mass is 9.84. The van der Waals surface area contributed by atoms with Gasteiger partial charge >= 0.3 is 0 Å². The maximum atomic E-state index is 12.6. The molecule has 1 aliphatic rings. The quantitative estimate of drug-likeness (QED) is 0.647. The van der Waals surface area contributed by atoms with Gasteiger partial charge in [-0.25, -0.2) is 0 Å². The van der Waals surface area contributed by atoms with Gasteiger partial charge in [-0.2, -0.15) is 0 Å². The van der Waals surface area contributed by atoms with Crippen LogP contribution in [0.5, 0.6) is 0 Å². The van der Waals surface area contributed by atoms with Crippen LogP contribution in [0.1, 0.15) is 25.0 Å². The van der Waals surface area contributed by atoms with Crippen LogP contribution < -0.4 is 5.32 Å². The normalized spacial score (nSPS) is 16.7. The standard InChI is InChI=1S/C20H20Cl2N2O.ClH/c1-20(2)12-13-6-4-5-7-15(13)18(24(20)3)11-19(25)23-17-9-8-14(21)10-16(17)22;/h4-11H,12H2,1-3H3,(H,23,25);1H/b18-11-;. The van der Waals surface area contributed by atoms with Crippen LogP contribution in [-0.4, -0.2) is 23.4 Å². The van der Waals surface area contributed by atoms with E-state index in [-0.39, 0.29) is 23.9 Å². The predicted molar refractivity (Wildman–Crippen MR) is 112 cm³/mol. The number of hydrogen-bond donors (Lipinski definition) is 1. The fourth-order valence-electron chi connectivity index (χ4n) is 3.07. The molecule has 6 heteroatoms. The van der Waals surface area contributed by atoms with Crippen molar-refractivity contribution in [2.45, 2.75) is 25.8 Å². The van der Waals surface area contributed by atoms with E-state index in [9.17, 15) is 4.79 Å². The Morgan fingerprint density at radius 3 is 2.58 bits per heavy atom. The Hall–Kier alpha value is -1.68. The van der Waals surface area contributed by atoms with Crippen molar-refractivity contribution in [1.82, 2.24) is 4.90 Å². The predicted octanol–water partition coefficient (Wildman–Crippen LogP) is 5.66. The van der Waals surface area contributed by atoms with Crippen LogP contribution in [0.4, 0.5) is 5.69 Å². The molecule has 0 saturated carbocycles. The average Bonchev–Trinajstić information content (AvgIpc) is 2.54. The lowest BCUT2D eigenvalue weighted by Gasteiger charge is -2.44. The topological polar surface area (TPSA) is 32.3 Å². The molecule has 138 valence electrons. The highest BCUT2D eigenvalue weighted by Gasteiger charge is 2.33. The van der Waals surface area contributed by atoms with E-state index in [1.807, 2.05) is 19.2 Å². The lowest BCUT2D eigenvalue weighted by Crippen LogP contribution is -2.45. The number of nitrogens with zero attached hydrogens (tertiary/aromatic N) is 1. The van der Waals surface area contributed by atoms with Crippen molar-refractivity contribution in [1.29, 1.82) is 0 Å². The molecule has 1 heterocycles. The van der Waals surface area contributed by atoms with Gasteiger partial charge in [0.05, 0.1) is 10.7 Å². The fraction of sp³-hybridized carbons (Fsp3) is 0.250. The van der Waals surface area contributed by atoms with Gasteiger partial charge < -0.3 is 10.2 Å². The average molecular weight is 412 g/mol. The van der Waals surface area contributed by atoms with Crippen LogP contribution in [0, 0.1) is 0 Å². The number of fused-ring (bicyclic) bond motifs is 1. The van der Waals surface area contributed by atoms with Crippen molar-refractivity contribution in [3.05, 3.63) is 69.7 Å². The maximum absolute atomic E-state index is 12.6. The number of carbonyl (C=O) groups excluding carboxylic acids is 1. The van der Waals surface area contributed by atoms with Gasteiger partial charge in [0.2, 0.25) is 0 Å². The van der Waals surface area contributed by atoms with Gasteiger partial charge in [-0.1, -0.05) is 47.5 Å². The molecule has 3 nitrogen and oxygen atoms in total. The molecule has 26 heavy (non-hydrogen) atoms. The molecule has 1 aliphatic heterocycles. The van der Waals surface area contributed by atoms with E-state index in [1.54, 1.807) is 24.3 Å². The fourth-order valence-corrected chi connectivity index (χ4v) is 3.53. The van der Waals surface area contributed by atoms with E-state index in [0.717, 1.165) is 17.7 Å². The molecule has 0 saturated heterocycles. The zero-order valence-electron chi connectivity index (χ0n) is 14.8. The van der Waals surface area contributed by atoms with Crippen molar-refractivity contribution in [3.8, 4) is 0 Å². The molecule has 0 aliphatic carbocycles. The number of nitrogens with one attached hydrogen (secondary N) is 1. The maximum Gasteiger partial charge on any atom is 0.250 e. The SMILES string of the molecule is CN1/C(=C\C(=O)Nc2ccc(Cl)cc2Cl)c2ccccc2CC1(C)C.Cl. The summed E-state index contributed by atoms with van der Waals surface area (Å²) in [6.07, 6.45) is 2.56. The Morgan fingerprint density at radius 1 is 1.19 bits per heavy atom. The van der Waals surface area contributed by atoms with Gasteiger partial charge in [0.15, 0.2) is 0 Å². The van der Waals surface area contributed by atoms with Crippen molar-refractivity contribution >= 4 is 52.9 Å². The van der Waals surface area contributed by atoms with E-state index >= 15 is 0 Å². The van der Waals surface area contributed by atoms with Crippen LogP contribution in [0.15, 0.2) is 48.5 Å². The van der Waals surface area contributed by atoms with Crippen molar-refractivity contribution < 1.29 is 4.79 Å². The molecule has 2 aromatic carbocycles. The number of rotatable bonds is 2. The van der Waals surface area contributed by atoms with Gasteiger partial charge in [0.1, 0.15) is 0 Å². The van der Waals surface area contributed by atoms with Gasteiger partial charge in [-0.15, -0.1) is 12.4 Å². The largest absolute Gasteiger partial charge is 0.368 e. The number of benzene rings is 2. The highest BCUT2D eigenvalue weighted by atomic mass is 35.5. The first-order chi connectivity index (χ1) is 11.8. The lowest BCUT2D eigenvalue weighted by molar-refractivity contribution is -0.111. The first kappa shape index (κ1) is 20.6. The molecule has 0 fully saturated rings. The third-order valence-electron chi connectivity index (χ3n) is 4.64. The van der Waals surface area contributed by atoms with Crippen molar-refractivity contribution in [2.24, 2.45) is 0 Å². The Labute approximate surface area is 170 Å². The number of hydrogen-bond acceptors (Lipinski definition) is 2. The van der Waals surface area contributed by atoms with Crippen molar-refractivity contribution in [3.63, 3.8) is 0 Å². The summed E-state index contributed by atoms with van der Waals surface area (Å²) in [5.41, 5.74) is 3.70. The van der Waals surface area contributed by atoms with Crippen LogP contribution in [-0.2, 0) is 11.2 Å². The van der Waals surface area contributed by atoms with Gasteiger partial charge in [-0.3, -0.25) is 4.79 Å². The first-order valence-corrected chi connectivity index (χ1v) is 8.83. The van der Waals surface area contributed by atoms with Crippen LogP contribution in [0.2, 0.25) is 10.0 Å². The second-order valence-electron chi connectivity index (χ2n) is 6.85. The summed E-state index contributed by atoms with van der Waals surface area (Å²) in [4.78, 5) is 14.7. The molecule has 1 N–H and O–H groups in total.